The number of carbonyl (C=O) groups is 1. The number of ether oxygens (including phenoxy) is 2. The monoisotopic (exact) mass is 312 g/mol. The summed E-state index contributed by atoms with van der Waals surface area (Å²) in [6.45, 7) is 3.40. The second-order valence-corrected chi connectivity index (χ2v) is 5.84. The van der Waals surface area contributed by atoms with Crippen LogP contribution in [-0.2, 0) is 14.3 Å². The van der Waals surface area contributed by atoms with E-state index in [1.54, 1.807) is 6.26 Å². The van der Waals surface area contributed by atoms with Gasteiger partial charge in [0.05, 0.1) is 12.9 Å². The summed E-state index contributed by atoms with van der Waals surface area (Å²) in [7, 11) is 0. The summed E-state index contributed by atoms with van der Waals surface area (Å²) in [6.07, 6.45) is 20.3. The van der Waals surface area contributed by atoms with Gasteiger partial charge in [-0.1, -0.05) is 58.3 Å². The fourth-order valence-electron chi connectivity index (χ4n) is 2.29. The van der Waals surface area contributed by atoms with Gasteiger partial charge in [0.25, 0.3) is 0 Å². The predicted octanol–water partition coefficient (Wildman–Crippen LogP) is 5.78. The minimum Gasteiger partial charge on any atom is -0.475 e. The molecule has 0 fully saturated rings. The number of carbonyl (C=O) groups excluding carboxylic acids is 1. The van der Waals surface area contributed by atoms with Gasteiger partial charge in [-0.05, 0) is 31.8 Å². The molecule has 0 rings (SSSR count). The maximum absolute atomic E-state index is 10.2. The average Bonchev–Trinajstić information content (AvgIpc) is 2.54. The van der Waals surface area contributed by atoms with E-state index in [0.29, 0.717) is 6.79 Å². The fraction of sp³-hybridized carbons (Fsp3) is 0.842. The molecule has 130 valence electrons. The van der Waals surface area contributed by atoms with Crippen molar-refractivity contribution < 1.29 is 14.3 Å². The van der Waals surface area contributed by atoms with E-state index >= 15 is 0 Å². The summed E-state index contributed by atoms with van der Waals surface area (Å²) in [5, 5.41) is 0. The van der Waals surface area contributed by atoms with Gasteiger partial charge in [0.1, 0.15) is 6.29 Å². The van der Waals surface area contributed by atoms with Gasteiger partial charge in [-0.15, -0.1) is 0 Å². The predicted molar refractivity (Wildman–Crippen MR) is 92.8 cm³/mol. The summed E-state index contributed by atoms with van der Waals surface area (Å²) in [5.41, 5.74) is 0. The molecule has 0 unspecified atom stereocenters. The van der Waals surface area contributed by atoms with Gasteiger partial charge < -0.3 is 14.3 Å². The van der Waals surface area contributed by atoms with Gasteiger partial charge in [0.2, 0.25) is 0 Å². The lowest BCUT2D eigenvalue weighted by molar-refractivity contribution is -0.107. The summed E-state index contributed by atoms with van der Waals surface area (Å²) < 4.78 is 10.7. The van der Waals surface area contributed by atoms with Crippen molar-refractivity contribution >= 4 is 6.29 Å². The molecule has 0 aromatic heterocycles. The average molecular weight is 312 g/mol. The van der Waals surface area contributed by atoms with Gasteiger partial charge in [-0.3, -0.25) is 0 Å². The Hall–Kier alpha value is -0.830. The number of aldehydes is 1. The van der Waals surface area contributed by atoms with Crippen LogP contribution in [0.25, 0.3) is 0 Å². The van der Waals surface area contributed by atoms with Gasteiger partial charge in [-0.2, -0.15) is 0 Å². The molecule has 0 saturated heterocycles. The maximum Gasteiger partial charge on any atom is 0.188 e. The molecule has 0 aromatic carbocycles. The van der Waals surface area contributed by atoms with Crippen molar-refractivity contribution in [3.63, 3.8) is 0 Å². The van der Waals surface area contributed by atoms with Crippen molar-refractivity contribution in [1.82, 2.24) is 0 Å². The zero-order valence-corrected chi connectivity index (χ0v) is 14.6. The second-order valence-electron chi connectivity index (χ2n) is 5.84. The molecule has 0 spiro atoms. The smallest absolute Gasteiger partial charge is 0.188 e. The van der Waals surface area contributed by atoms with Gasteiger partial charge >= 0.3 is 0 Å². The molecule has 0 aromatic rings. The number of hydrogen-bond acceptors (Lipinski definition) is 3. The van der Waals surface area contributed by atoms with Crippen LogP contribution < -0.4 is 0 Å². The summed E-state index contributed by atoms with van der Waals surface area (Å²) in [5.74, 6) is 0. The van der Waals surface area contributed by atoms with Crippen molar-refractivity contribution in [2.24, 2.45) is 0 Å². The standard InChI is InChI=1S/C19H36O3/c1-2-3-4-14-17-21-19-22-18-15-12-10-8-6-5-7-9-11-13-16-20/h15-16,18H,2-14,17,19H2,1H3. The lowest BCUT2D eigenvalue weighted by atomic mass is 10.1. The highest BCUT2D eigenvalue weighted by atomic mass is 16.7. The minimum atomic E-state index is 0.378. The van der Waals surface area contributed by atoms with Crippen molar-refractivity contribution in [2.75, 3.05) is 13.4 Å². The Morgan fingerprint density at radius 3 is 2.09 bits per heavy atom. The van der Waals surface area contributed by atoms with E-state index in [9.17, 15) is 4.79 Å². The molecule has 3 heteroatoms. The molecule has 0 radical (unpaired) electrons. The maximum atomic E-state index is 10.2. The number of unbranched alkanes of at least 4 members (excludes halogenated alkanes) is 11. The molecule has 22 heavy (non-hydrogen) atoms. The molecule has 0 aliphatic rings. The van der Waals surface area contributed by atoms with E-state index in [0.717, 1.165) is 38.6 Å². The third-order valence-corrected chi connectivity index (χ3v) is 3.68. The molecule has 3 nitrogen and oxygen atoms in total. The van der Waals surface area contributed by atoms with Crippen LogP contribution >= 0.6 is 0 Å². The van der Waals surface area contributed by atoms with E-state index < -0.39 is 0 Å². The number of allylic oxidation sites excluding steroid dienone is 1. The Bertz CT molecular complexity index is 239. The van der Waals surface area contributed by atoms with E-state index in [4.69, 9.17) is 9.47 Å². The Balaban J connectivity index is 3.04. The van der Waals surface area contributed by atoms with E-state index in [2.05, 4.69) is 13.0 Å². The molecule has 0 aliphatic heterocycles. The molecule has 0 N–H and O–H groups in total. The number of rotatable bonds is 18. The lowest BCUT2D eigenvalue weighted by Gasteiger charge is -2.03. The lowest BCUT2D eigenvalue weighted by Crippen LogP contribution is -1.97. The minimum absolute atomic E-state index is 0.378. The van der Waals surface area contributed by atoms with Crippen molar-refractivity contribution in [2.45, 2.75) is 90.4 Å². The van der Waals surface area contributed by atoms with E-state index in [-0.39, 0.29) is 0 Å². The van der Waals surface area contributed by atoms with Crippen LogP contribution in [0.1, 0.15) is 90.4 Å². The molecule has 0 aliphatic carbocycles. The van der Waals surface area contributed by atoms with Crippen molar-refractivity contribution in [3.8, 4) is 0 Å². The van der Waals surface area contributed by atoms with Gasteiger partial charge in [0, 0.05) is 6.42 Å². The van der Waals surface area contributed by atoms with Gasteiger partial charge in [0.15, 0.2) is 6.79 Å². The summed E-state index contributed by atoms with van der Waals surface area (Å²) in [6, 6.07) is 0. The largest absolute Gasteiger partial charge is 0.475 e. The first-order valence-electron chi connectivity index (χ1n) is 9.19. The van der Waals surface area contributed by atoms with Crippen LogP contribution in [0.15, 0.2) is 12.3 Å². The van der Waals surface area contributed by atoms with Crippen LogP contribution in [0.2, 0.25) is 0 Å². The zero-order chi connectivity index (χ0) is 16.1. The van der Waals surface area contributed by atoms with Crippen LogP contribution in [0, 0.1) is 0 Å². The molecule has 0 atom stereocenters. The quantitative estimate of drug-likeness (QED) is 0.139. The molecular formula is C19H36O3. The topological polar surface area (TPSA) is 35.5 Å². The Morgan fingerprint density at radius 2 is 1.41 bits per heavy atom. The van der Waals surface area contributed by atoms with Crippen molar-refractivity contribution in [3.05, 3.63) is 12.3 Å². The molecule has 0 bridgehead atoms. The highest BCUT2D eigenvalue weighted by molar-refractivity contribution is 5.48. The van der Waals surface area contributed by atoms with Crippen LogP contribution in [-0.4, -0.2) is 19.7 Å². The zero-order valence-electron chi connectivity index (χ0n) is 14.6. The first-order chi connectivity index (χ1) is 10.9. The van der Waals surface area contributed by atoms with E-state index in [1.807, 2.05) is 0 Å². The normalized spacial score (nSPS) is 11.1. The first-order valence-corrected chi connectivity index (χ1v) is 9.19. The highest BCUT2D eigenvalue weighted by Crippen LogP contribution is 2.09. The van der Waals surface area contributed by atoms with Crippen LogP contribution in [0.5, 0.6) is 0 Å². The molecule has 0 saturated carbocycles. The highest BCUT2D eigenvalue weighted by Gasteiger charge is 1.91. The summed E-state index contributed by atoms with van der Waals surface area (Å²) in [4.78, 5) is 10.2. The Labute approximate surface area is 137 Å². The third-order valence-electron chi connectivity index (χ3n) is 3.68. The molecule has 0 amide bonds. The SMILES string of the molecule is CCCCCCOCOC=CCCCCCCCCCC=O. The summed E-state index contributed by atoms with van der Waals surface area (Å²) >= 11 is 0. The molecule has 0 heterocycles. The van der Waals surface area contributed by atoms with Crippen LogP contribution in [0.4, 0.5) is 0 Å². The number of hydrogen-bond donors (Lipinski definition) is 0. The first kappa shape index (κ1) is 21.2. The molecular weight excluding hydrogens is 276 g/mol. The Kier molecular flexibility index (Phi) is 19.4. The fourth-order valence-corrected chi connectivity index (χ4v) is 2.29. The Morgan fingerprint density at radius 1 is 0.773 bits per heavy atom. The second kappa shape index (κ2) is 20.2. The van der Waals surface area contributed by atoms with E-state index in [1.165, 1.54) is 57.8 Å². The third kappa shape index (κ3) is 19.2. The van der Waals surface area contributed by atoms with Crippen LogP contribution in [0.3, 0.4) is 0 Å². The van der Waals surface area contributed by atoms with Gasteiger partial charge in [-0.25, -0.2) is 0 Å². The van der Waals surface area contributed by atoms with Crippen molar-refractivity contribution in [1.29, 1.82) is 0 Å².